The largest absolute Gasteiger partial charge is 0.330 e. The molecule has 2 atom stereocenters. The average molecular weight is 368 g/mol. The molecule has 0 aliphatic carbocycles. The van der Waals surface area contributed by atoms with Crippen LogP contribution in [-0.4, -0.2) is 17.7 Å². The Hall–Kier alpha value is -2.46. The minimum absolute atomic E-state index is 0.0129. The topological polar surface area (TPSA) is 62.8 Å². The Labute approximate surface area is 162 Å². The molecule has 4 nitrogen and oxygen atoms in total. The predicted molar refractivity (Wildman–Crippen MR) is 110 cm³/mol. The molecule has 0 unspecified atom stereocenters. The summed E-state index contributed by atoms with van der Waals surface area (Å²) in [4.78, 5) is 24.2. The number of amides is 1. The summed E-state index contributed by atoms with van der Waals surface area (Å²) in [5.74, 6) is 0.321. The molecule has 0 aliphatic heterocycles. The summed E-state index contributed by atoms with van der Waals surface area (Å²) in [6, 6.07) is 15.7. The maximum Gasteiger partial charge on any atom is 0.282 e. The van der Waals surface area contributed by atoms with E-state index >= 15 is 0 Å². The van der Waals surface area contributed by atoms with Crippen molar-refractivity contribution in [3.63, 3.8) is 0 Å². The third kappa shape index (κ3) is 5.76. The van der Waals surface area contributed by atoms with E-state index in [-0.39, 0.29) is 23.8 Å². The van der Waals surface area contributed by atoms with E-state index in [1.165, 1.54) is 18.1 Å². The SMILES string of the molecule is CCc1ccc([C@H]([NH2+][C@H](C)C(=O)Nc2cccc(C(C)=O)c2)C(C)C)cc1. The number of hydrogen-bond donors (Lipinski definition) is 2. The smallest absolute Gasteiger partial charge is 0.282 e. The highest BCUT2D eigenvalue weighted by Gasteiger charge is 2.26. The lowest BCUT2D eigenvalue weighted by Crippen LogP contribution is -2.93. The zero-order valence-electron chi connectivity index (χ0n) is 17.0. The first-order valence-electron chi connectivity index (χ1n) is 9.67. The number of nitrogens with one attached hydrogen (secondary N) is 1. The summed E-state index contributed by atoms with van der Waals surface area (Å²) in [6.45, 7) is 9.94. The number of ketones is 1. The van der Waals surface area contributed by atoms with Gasteiger partial charge in [-0.3, -0.25) is 9.59 Å². The van der Waals surface area contributed by atoms with E-state index in [9.17, 15) is 9.59 Å². The number of aryl methyl sites for hydroxylation is 1. The molecule has 4 heteroatoms. The Morgan fingerprint density at radius 2 is 1.70 bits per heavy atom. The third-order valence-corrected chi connectivity index (χ3v) is 4.94. The van der Waals surface area contributed by atoms with Crippen molar-refractivity contribution in [1.29, 1.82) is 0 Å². The maximum atomic E-state index is 12.7. The monoisotopic (exact) mass is 367 g/mol. The van der Waals surface area contributed by atoms with Crippen LogP contribution in [0.15, 0.2) is 48.5 Å². The van der Waals surface area contributed by atoms with Gasteiger partial charge in [0.2, 0.25) is 0 Å². The predicted octanol–water partition coefficient (Wildman–Crippen LogP) is 3.74. The Morgan fingerprint density at radius 1 is 1.04 bits per heavy atom. The molecule has 2 aromatic rings. The molecule has 27 heavy (non-hydrogen) atoms. The fourth-order valence-electron chi connectivity index (χ4n) is 3.16. The number of carbonyl (C=O) groups excluding carboxylic acids is 2. The lowest BCUT2D eigenvalue weighted by atomic mass is 9.94. The van der Waals surface area contributed by atoms with Gasteiger partial charge in [-0.25, -0.2) is 0 Å². The van der Waals surface area contributed by atoms with Crippen LogP contribution in [0.4, 0.5) is 5.69 Å². The average Bonchev–Trinajstić information content (AvgIpc) is 2.66. The molecule has 0 saturated heterocycles. The van der Waals surface area contributed by atoms with Crippen LogP contribution >= 0.6 is 0 Å². The number of anilines is 1. The molecule has 2 rings (SSSR count). The third-order valence-electron chi connectivity index (χ3n) is 4.94. The van der Waals surface area contributed by atoms with Gasteiger partial charge in [0, 0.05) is 22.7 Å². The first-order valence-corrected chi connectivity index (χ1v) is 9.67. The second kappa shape index (κ2) is 9.47. The molecule has 0 aromatic heterocycles. The maximum absolute atomic E-state index is 12.7. The van der Waals surface area contributed by atoms with Gasteiger partial charge < -0.3 is 10.6 Å². The Bertz CT molecular complexity index is 781. The summed E-state index contributed by atoms with van der Waals surface area (Å²) >= 11 is 0. The van der Waals surface area contributed by atoms with Crippen molar-refractivity contribution in [2.45, 2.75) is 53.1 Å². The molecule has 144 valence electrons. The van der Waals surface area contributed by atoms with Crippen molar-refractivity contribution in [1.82, 2.24) is 0 Å². The lowest BCUT2D eigenvalue weighted by molar-refractivity contribution is -0.718. The van der Waals surface area contributed by atoms with Gasteiger partial charge in [0.25, 0.3) is 5.91 Å². The van der Waals surface area contributed by atoms with Crippen LogP contribution in [0.2, 0.25) is 0 Å². The van der Waals surface area contributed by atoms with Gasteiger partial charge in [-0.15, -0.1) is 0 Å². The fourth-order valence-corrected chi connectivity index (χ4v) is 3.16. The quantitative estimate of drug-likeness (QED) is 0.698. The van der Waals surface area contributed by atoms with Crippen LogP contribution in [0.5, 0.6) is 0 Å². The number of benzene rings is 2. The molecular weight excluding hydrogens is 336 g/mol. The highest BCUT2D eigenvalue weighted by atomic mass is 16.2. The molecule has 0 radical (unpaired) electrons. The summed E-state index contributed by atoms with van der Waals surface area (Å²) < 4.78 is 0. The van der Waals surface area contributed by atoms with Gasteiger partial charge in [0.05, 0.1) is 0 Å². The van der Waals surface area contributed by atoms with Crippen molar-refractivity contribution in [3.05, 3.63) is 65.2 Å². The van der Waals surface area contributed by atoms with Crippen LogP contribution in [0.1, 0.15) is 62.1 Å². The van der Waals surface area contributed by atoms with Crippen molar-refractivity contribution < 1.29 is 14.9 Å². The van der Waals surface area contributed by atoms with Crippen LogP contribution in [0.25, 0.3) is 0 Å². The van der Waals surface area contributed by atoms with Gasteiger partial charge in [-0.05, 0) is 38.0 Å². The zero-order valence-corrected chi connectivity index (χ0v) is 17.0. The van der Waals surface area contributed by atoms with Gasteiger partial charge in [-0.1, -0.05) is 57.2 Å². The van der Waals surface area contributed by atoms with E-state index in [1.54, 1.807) is 24.3 Å². The number of rotatable bonds is 8. The highest BCUT2D eigenvalue weighted by molar-refractivity contribution is 5.97. The molecular formula is C23H31N2O2+. The van der Waals surface area contributed by atoms with E-state index in [0.29, 0.717) is 17.2 Å². The minimum Gasteiger partial charge on any atom is -0.330 e. The highest BCUT2D eigenvalue weighted by Crippen LogP contribution is 2.19. The standard InChI is InChI=1S/C23H30N2O2/c1-6-18-10-12-19(13-11-18)22(15(2)3)24-16(4)23(27)25-21-9-7-8-20(14-21)17(5)26/h7-16,22,24H,6H2,1-5H3,(H,25,27)/p+1/t16-,22-/m1/s1. The summed E-state index contributed by atoms with van der Waals surface area (Å²) in [5, 5.41) is 5.05. The van der Waals surface area contributed by atoms with Crippen LogP contribution in [0.3, 0.4) is 0 Å². The molecule has 0 saturated carbocycles. The van der Waals surface area contributed by atoms with E-state index in [4.69, 9.17) is 0 Å². The van der Waals surface area contributed by atoms with E-state index in [0.717, 1.165) is 6.42 Å². The van der Waals surface area contributed by atoms with Crippen LogP contribution in [0, 0.1) is 5.92 Å². The molecule has 0 spiro atoms. The van der Waals surface area contributed by atoms with Gasteiger partial charge in [0.1, 0.15) is 6.04 Å². The number of carbonyl (C=O) groups is 2. The summed E-state index contributed by atoms with van der Waals surface area (Å²) in [6.07, 6.45) is 1.02. The zero-order chi connectivity index (χ0) is 20.0. The summed E-state index contributed by atoms with van der Waals surface area (Å²) in [7, 11) is 0. The number of hydrogen-bond acceptors (Lipinski definition) is 2. The molecule has 0 fully saturated rings. The number of Topliss-reactive ketones (excluding diaryl/α,β-unsaturated/α-hetero) is 1. The van der Waals surface area contributed by atoms with E-state index in [1.807, 2.05) is 6.92 Å². The molecule has 3 N–H and O–H groups in total. The van der Waals surface area contributed by atoms with Gasteiger partial charge >= 0.3 is 0 Å². The van der Waals surface area contributed by atoms with E-state index < -0.39 is 0 Å². The van der Waals surface area contributed by atoms with Gasteiger partial charge in [-0.2, -0.15) is 0 Å². The van der Waals surface area contributed by atoms with Gasteiger partial charge in [0.15, 0.2) is 11.8 Å². The molecule has 2 aromatic carbocycles. The van der Waals surface area contributed by atoms with E-state index in [2.05, 4.69) is 55.7 Å². The summed E-state index contributed by atoms with van der Waals surface area (Å²) in [5.41, 5.74) is 3.81. The number of nitrogens with two attached hydrogens (primary N) is 1. The van der Waals surface area contributed by atoms with Crippen molar-refractivity contribution in [2.24, 2.45) is 5.92 Å². The normalized spacial score (nSPS) is 13.3. The van der Waals surface area contributed by atoms with Crippen molar-refractivity contribution in [3.8, 4) is 0 Å². The minimum atomic E-state index is -0.246. The molecule has 0 bridgehead atoms. The van der Waals surface area contributed by atoms with Crippen LogP contribution < -0.4 is 10.6 Å². The lowest BCUT2D eigenvalue weighted by Gasteiger charge is -2.23. The molecule has 0 heterocycles. The first kappa shape index (κ1) is 20.8. The number of quaternary nitrogens is 1. The Morgan fingerprint density at radius 3 is 2.26 bits per heavy atom. The second-order valence-corrected chi connectivity index (χ2v) is 7.47. The molecule has 1 amide bonds. The van der Waals surface area contributed by atoms with Crippen molar-refractivity contribution in [2.75, 3.05) is 5.32 Å². The molecule has 0 aliphatic rings. The van der Waals surface area contributed by atoms with Crippen molar-refractivity contribution >= 4 is 17.4 Å². The Kier molecular flexibility index (Phi) is 7.31. The second-order valence-electron chi connectivity index (χ2n) is 7.47. The van der Waals surface area contributed by atoms with Crippen LogP contribution in [-0.2, 0) is 11.2 Å². The first-order chi connectivity index (χ1) is 12.8. The fraction of sp³-hybridized carbons (Fsp3) is 0.391. The Balaban J connectivity index is 2.07.